The first-order valence-corrected chi connectivity index (χ1v) is 10.6. The van der Waals surface area contributed by atoms with E-state index in [1.807, 2.05) is 13.0 Å². The lowest BCUT2D eigenvalue weighted by Crippen LogP contribution is -2.54. The number of hydrogen-bond acceptors (Lipinski definition) is 6. The molecule has 31 heavy (non-hydrogen) atoms. The van der Waals surface area contributed by atoms with Crippen LogP contribution in [-0.2, 0) is 9.59 Å². The van der Waals surface area contributed by atoms with Gasteiger partial charge in [-0.05, 0) is 56.1 Å². The number of hydrogen-bond donors (Lipinski definition) is 1. The predicted molar refractivity (Wildman–Crippen MR) is 123 cm³/mol. The number of rotatable bonds is 4. The van der Waals surface area contributed by atoms with Crippen molar-refractivity contribution in [3.05, 3.63) is 58.0 Å². The van der Waals surface area contributed by atoms with Crippen LogP contribution in [0.15, 0.2) is 41.4 Å². The average Bonchev–Trinajstić information content (AvgIpc) is 2.76. The zero-order valence-corrected chi connectivity index (χ0v) is 18.1. The third kappa shape index (κ3) is 3.76. The Morgan fingerprint density at radius 3 is 2.68 bits per heavy atom. The number of amides is 2. The van der Waals surface area contributed by atoms with Crippen molar-refractivity contribution in [3.8, 4) is 0 Å². The molecule has 2 aliphatic heterocycles. The number of anilines is 1. The number of piperidine rings is 1. The minimum Gasteiger partial charge on any atom is -0.356 e. The van der Waals surface area contributed by atoms with Gasteiger partial charge in [0.25, 0.3) is 17.4 Å². The summed E-state index contributed by atoms with van der Waals surface area (Å²) in [7, 11) is 0. The lowest BCUT2D eigenvalue weighted by atomic mass is 10.1. The van der Waals surface area contributed by atoms with Gasteiger partial charge < -0.3 is 4.90 Å². The molecule has 9 heteroatoms. The Morgan fingerprint density at radius 1 is 1.23 bits per heavy atom. The van der Waals surface area contributed by atoms with Gasteiger partial charge in [0.15, 0.2) is 5.11 Å². The topological polar surface area (TPSA) is 87.0 Å². The van der Waals surface area contributed by atoms with Gasteiger partial charge >= 0.3 is 0 Å². The minimum absolute atomic E-state index is 0.0206. The van der Waals surface area contributed by atoms with E-state index >= 15 is 0 Å². The predicted octanol–water partition coefficient (Wildman–Crippen LogP) is 1.81. The second-order valence-corrected chi connectivity index (χ2v) is 8.00. The van der Waals surface area contributed by atoms with Gasteiger partial charge in [0.2, 0.25) is 0 Å². The Labute approximate surface area is 184 Å². The average molecular weight is 438 g/mol. The smallest absolute Gasteiger partial charge is 0.267 e. The number of carbonyl (C=O) groups is 2. The van der Waals surface area contributed by atoms with E-state index in [-0.39, 0.29) is 28.4 Å². The normalized spacial score (nSPS) is 18.6. The molecule has 0 bridgehead atoms. The van der Waals surface area contributed by atoms with Crippen LogP contribution in [0.4, 0.5) is 5.82 Å². The van der Waals surface area contributed by atoms with Gasteiger partial charge in [0.1, 0.15) is 17.0 Å². The van der Waals surface area contributed by atoms with Crippen LogP contribution < -0.4 is 15.8 Å². The van der Waals surface area contributed by atoms with E-state index in [9.17, 15) is 14.4 Å². The van der Waals surface area contributed by atoms with Gasteiger partial charge in [-0.2, -0.15) is 0 Å². The molecule has 2 fully saturated rings. The van der Waals surface area contributed by atoms with E-state index < -0.39 is 11.8 Å². The van der Waals surface area contributed by atoms with Crippen LogP contribution in [0, 0.1) is 6.92 Å². The van der Waals surface area contributed by atoms with Crippen molar-refractivity contribution in [3.63, 3.8) is 0 Å². The summed E-state index contributed by atoms with van der Waals surface area (Å²) in [6.45, 7) is 7.20. The Morgan fingerprint density at radius 2 is 1.97 bits per heavy atom. The number of fused-ring (bicyclic) bond motifs is 1. The summed E-state index contributed by atoms with van der Waals surface area (Å²) >= 11 is 5.11. The summed E-state index contributed by atoms with van der Waals surface area (Å²) in [6, 6.07) is 3.66. The maximum Gasteiger partial charge on any atom is 0.267 e. The third-order valence-electron chi connectivity index (χ3n) is 5.51. The van der Waals surface area contributed by atoms with Crippen LogP contribution in [0.3, 0.4) is 0 Å². The second-order valence-electron chi connectivity index (χ2n) is 7.61. The molecule has 4 heterocycles. The van der Waals surface area contributed by atoms with E-state index in [2.05, 4.69) is 16.8 Å². The molecule has 2 saturated heterocycles. The minimum atomic E-state index is -0.631. The van der Waals surface area contributed by atoms with Crippen LogP contribution >= 0.6 is 12.2 Å². The summed E-state index contributed by atoms with van der Waals surface area (Å²) in [6.07, 6.45) is 7.61. The summed E-state index contributed by atoms with van der Waals surface area (Å²) in [5, 5.41) is 2.54. The highest BCUT2D eigenvalue weighted by molar-refractivity contribution is 7.80. The molecule has 0 saturated carbocycles. The number of nitrogens with zero attached hydrogens (tertiary/aromatic N) is 4. The highest BCUT2D eigenvalue weighted by Crippen LogP contribution is 2.24. The fourth-order valence-corrected chi connectivity index (χ4v) is 4.16. The monoisotopic (exact) mass is 437 g/mol. The van der Waals surface area contributed by atoms with E-state index in [0.717, 1.165) is 37.9 Å². The molecule has 0 aromatic carbocycles. The lowest BCUT2D eigenvalue weighted by Gasteiger charge is -2.30. The highest BCUT2D eigenvalue weighted by atomic mass is 32.1. The van der Waals surface area contributed by atoms with Crippen LogP contribution in [0.2, 0.25) is 0 Å². The highest BCUT2D eigenvalue weighted by Gasteiger charge is 2.33. The lowest BCUT2D eigenvalue weighted by molar-refractivity contribution is -0.128. The van der Waals surface area contributed by atoms with Gasteiger partial charge in [-0.1, -0.05) is 12.1 Å². The summed E-state index contributed by atoms with van der Waals surface area (Å²) in [4.78, 5) is 47.1. The molecule has 0 unspecified atom stereocenters. The molecule has 1 N–H and O–H groups in total. The number of aryl methyl sites for hydroxylation is 1. The molecule has 2 aliphatic rings. The Hall–Kier alpha value is -3.33. The molecule has 160 valence electrons. The van der Waals surface area contributed by atoms with Gasteiger partial charge in [-0.15, -0.1) is 6.58 Å². The van der Waals surface area contributed by atoms with Crippen molar-refractivity contribution in [2.75, 3.05) is 24.5 Å². The quantitative estimate of drug-likeness (QED) is 0.340. The van der Waals surface area contributed by atoms with Crippen LogP contribution in [0.25, 0.3) is 11.7 Å². The number of nitrogens with one attached hydrogen (secondary N) is 1. The Kier molecular flexibility index (Phi) is 5.69. The molecule has 4 rings (SSSR count). The molecule has 2 aromatic heterocycles. The van der Waals surface area contributed by atoms with E-state index in [1.54, 1.807) is 12.3 Å². The maximum atomic E-state index is 13.5. The molecule has 0 radical (unpaired) electrons. The SMILES string of the molecule is C=CCN1C(=O)/C(=C/c2c(N3CCCCC3)nc3c(C)cccn3c2=O)C(=O)NC1=S. The van der Waals surface area contributed by atoms with Gasteiger partial charge in [-0.3, -0.25) is 29.0 Å². The zero-order valence-electron chi connectivity index (χ0n) is 17.3. The summed E-state index contributed by atoms with van der Waals surface area (Å²) < 4.78 is 1.45. The van der Waals surface area contributed by atoms with Crippen molar-refractivity contribution in [2.24, 2.45) is 0 Å². The van der Waals surface area contributed by atoms with Crippen LogP contribution in [0.1, 0.15) is 30.4 Å². The van der Waals surface area contributed by atoms with Gasteiger partial charge in [-0.25, -0.2) is 4.98 Å². The third-order valence-corrected chi connectivity index (χ3v) is 5.83. The summed E-state index contributed by atoms with van der Waals surface area (Å²) in [5.74, 6) is -0.698. The molecule has 0 atom stereocenters. The Balaban J connectivity index is 1.93. The van der Waals surface area contributed by atoms with Gasteiger partial charge in [0.05, 0.1) is 5.56 Å². The second kappa shape index (κ2) is 8.43. The van der Waals surface area contributed by atoms with Crippen molar-refractivity contribution >= 4 is 46.7 Å². The largest absolute Gasteiger partial charge is 0.356 e. The number of pyridine rings is 1. The van der Waals surface area contributed by atoms with Crippen molar-refractivity contribution in [1.29, 1.82) is 0 Å². The molecule has 2 aromatic rings. The number of aromatic nitrogens is 2. The molecule has 2 amide bonds. The van der Waals surface area contributed by atoms with Gasteiger partial charge in [0, 0.05) is 25.8 Å². The molecular weight excluding hydrogens is 414 g/mol. The molecule has 8 nitrogen and oxygen atoms in total. The molecular formula is C22H23N5O3S. The fraction of sp³-hybridized carbons (Fsp3) is 0.318. The first-order valence-electron chi connectivity index (χ1n) is 10.2. The zero-order chi connectivity index (χ0) is 22.1. The molecule has 0 aliphatic carbocycles. The van der Waals surface area contributed by atoms with E-state index in [0.29, 0.717) is 11.5 Å². The van der Waals surface area contributed by atoms with Crippen molar-refractivity contribution < 1.29 is 9.59 Å². The van der Waals surface area contributed by atoms with Crippen LogP contribution in [-0.4, -0.2) is 50.8 Å². The first-order chi connectivity index (χ1) is 14.9. The first kappa shape index (κ1) is 20.9. The van der Waals surface area contributed by atoms with E-state index in [1.165, 1.54) is 21.5 Å². The van der Waals surface area contributed by atoms with Crippen molar-refractivity contribution in [1.82, 2.24) is 19.6 Å². The maximum absolute atomic E-state index is 13.5. The fourth-order valence-electron chi connectivity index (χ4n) is 3.91. The Bertz CT molecular complexity index is 1190. The van der Waals surface area contributed by atoms with Crippen molar-refractivity contribution in [2.45, 2.75) is 26.2 Å². The number of thiocarbonyl (C=S) groups is 1. The van der Waals surface area contributed by atoms with Crippen LogP contribution in [0.5, 0.6) is 0 Å². The standard InChI is InChI=1S/C22H23N5O3S/c1-3-9-27-21(30)16(19(28)24-22(27)31)13-15-18(25-10-5-4-6-11-25)23-17-14(2)8-7-12-26(17)20(15)29/h3,7-8,12-13H,1,4-6,9-11H2,2H3,(H,24,28,31)/b16-13+. The summed E-state index contributed by atoms with van der Waals surface area (Å²) in [5.41, 5.74) is 1.16. The number of carbonyl (C=O) groups excluding carboxylic acids is 2. The molecule has 0 spiro atoms. The van der Waals surface area contributed by atoms with E-state index in [4.69, 9.17) is 17.2 Å².